The second-order valence-corrected chi connectivity index (χ2v) is 7.92. The Kier molecular flexibility index (Phi) is 6.36. The smallest absolute Gasteiger partial charge is 0.320 e. The molecular formula is C22H12BrF6N5O. The SMILES string of the molecule is O=C(Nc1ccccc1-c1cnc(-n2ccc(C(F)(F)F)n2)c(Br)c1)c1ncccc1C(F)(F)F. The number of carbonyl (C=O) groups is 1. The summed E-state index contributed by atoms with van der Waals surface area (Å²) in [5.41, 5.74) is -2.05. The Bertz CT molecular complexity index is 1400. The summed E-state index contributed by atoms with van der Waals surface area (Å²) in [5.74, 6) is -0.987. The maximum absolute atomic E-state index is 13.3. The number of anilines is 1. The number of aromatic nitrogens is 4. The quantitative estimate of drug-likeness (QED) is 0.296. The van der Waals surface area contributed by atoms with Crippen molar-refractivity contribution in [2.75, 3.05) is 5.32 Å². The summed E-state index contributed by atoms with van der Waals surface area (Å²) in [6.45, 7) is 0. The molecule has 1 amide bonds. The molecule has 13 heteroatoms. The highest BCUT2D eigenvalue weighted by Gasteiger charge is 2.36. The van der Waals surface area contributed by atoms with Crippen molar-refractivity contribution in [1.29, 1.82) is 0 Å². The Labute approximate surface area is 201 Å². The van der Waals surface area contributed by atoms with Crippen molar-refractivity contribution >= 4 is 27.5 Å². The third-order valence-electron chi connectivity index (χ3n) is 4.73. The van der Waals surface area contributed by atoms with Crippen molar-refractivity contribution < 1.29 is 31.1 Å². The molecule has 0 atom stereocenters. The number of amides is 1. The Morgan fingerprint density at radius 1 is 0.943 bits per heavy atom. The van der Waals surface area contributed by atoms with E-state index in [0.29, 0.717) is 11.1 Å². The largest absolute Gasteiger partial charge is 0.435 e. The van der Waals surface area contributed by atoms with Crippen molar-refractivity contribution in [3.63, 3.8) is 0 Å². The number of hydrogen-bond donors (Lipinski definition) is 1. The molecule has 0 unspecified atom stereocenters. The first kappa shape index (κ1) is 24.4. The van der Waals surface area contributed by atoms with E-state index in [0.717, 1.165) is 35.3 Å². The van der Waals surface area contributed by atoms with Crippen molar-refractivity contribution in [1.82, 2.24) is 19.7 Å². The van der Waals surface area contributed by atoms with Crippen molar-refractivity contribution in [3.8, 4) is 16.9 Å². The van der Waals surface area contributed by atoms with Gasteiger partial charge in [-0.15, -0.1) is 0 Å². The number of carbonyl (C=O) groups excluding carboxylic acids is 1. The Balaban J connectivity index is 1.66. The Morgan fingerprint density at radius 3 is 2.34 bits per heavy atom. The van der Waals surface area contributed by atoms with Crippen LogP contribution in [0.15, 0.2) is 71.6 Å². The fourth-order valence-corrected chi connectivity index (χ4v) is 3.71. The van der Waals surface area contributed by atoms with Gasteiger partial charge in [-0.3, -0.25) is 9.78 Å². The Morgan fingerprint density at radius 2 is 1.69 bits per heavy atom. The van der Waals surface area contributed by atoms with E-state index in [1.54, 1.807) is 18.2 Å². The molecule has 0 radical (unpaired) electrons. The van der Waals surface area contributed by atoms with Gasteiger partial charge in [0.1, 0.15) is 5.69 Å². The monoisotopic (exact) mass is 555 g/mol. The molecular weight excluding hydrogens is 544 g/mol. The summed E-state index contributed by atoms with van der Waals surface area (Å²) in [6.07, 6.45) is -5.87. The molecule has 0 aliphatic rings. The van der Waals surface area contributed by atoms with Gasteiger partial charge in [0.2, 0.25) is 0 Å². The molecule has 3 heterocycles. The molecule has 0 aliphatic carbocycles. The van der Waals surface area contributed by atoms with Crippen molar-refractivity contribution in [2.45, 2.75) is 12.4 Å². The second-order valence-electron chi connectivity index (χ2n) is 7.07. The molecule has 35 heavy (non-hydrogen) atoms. The first-order valence-corrected chi connectivity index (χ1v) is 10.5. The molecule has 0 fully saturated rings. The van der Waals surface area contributed by atoms with Crippen molar-refractivity contribution in [3.05, 3.63) is 88.5 Å². The van der Waals surface area contributed by atoms with E-state index >= 15 is 0 Å². The van der Waals surface area contributed by atoms with Gasteiger partial charge in [0.15, 0.2) is 11.5 Å². The van der Waals surface area contributed by atoms with Gasteiger partial charge >= 0.3 is 12.4 Å². The molecule has 0 saturated carbocycles. The van der Waals surface area contributed by atoms with E-state index < -0.39 is 35.2 Å². The van der Waals surface area contributed by atoms with E-state index in [9.17, 15) is 31.1 Å². The first-order valence-electron chi connectivity index (χ1n) is 9.67. The molecule has 0 aliphatic heterocycles. The molecule has 0 bridgehead atoms. The van der Waals surface area contributed by atoms with Gasteiger partial charge in [0.25, 0.3) is 5.91 Å². The molecule has 0 spiro atoms. The molecule has 1 N–H and O–H groups in total. The van der Waals surface area contributed by atoms with Crippen LogP contribution in [0, 0.1) is 0 Å². The van der Waals surface area contributed by atoms with E-state index in [4.69, 9.17) is 0 Å². The minimum absolute atomic E-state index is 0.0778. The lowest BCUT2D eigenvalue weighted by Crippen LogP contribution is -2.20. The van der Waals surface area contributed by atoms with Crippen LogP contribution in [0.4, 0.5) is 32.0 Å². The number of nitrogens with zero attached hydrogens (tertiary/aromatic N) is 4. The van der Waals surface area contributed by atoms with E-state index in [1.807, 2.05) is 0 Å². The van der Waals surface area contributed by atoms with Gasteiger partial charge in [0, 0.05) is 35.4 Å². The minimum Gasteiger partial charge on any atom is -0.320 e. The van der Waals surface area contributed by atoms with Crippen LogP contribution in [0.3, 0.4) is 0 Å². The van der Waals surface area contributed by atoms with Crippen molar-refractivity contribution in [2.24, 2.45) is 0 Å². The number of pyridine rings is 2. The summed E-state index contributed by atoms with van der Waals surface area (Å²) in [6, 6.07) is 10.5. The number of rotatable bonds is 4. The zero-order valence-corrected chi connectivity index (χ0v) is 18.8. The summed E-state index contributed by atoms with van der Waals surface area (Å²) in [5, 5.41) is 5.91. The number of benzene rings is 1. The van der Waals surface area contributed by atoms with Crippen LogP contribution in [-0.4, -0.2) is 25.7 Å². The highest BCUT2D eigenvalue weighted by molar-refractivity contribution is 9.10. The third-order valence-corrected chi connectivity index (χ3v) is 5.32. The molecule has 1 aromatic carbocycles. The number of para-hydroxylation sites is 1. The maximum Gasteiger partial charge on any atom is 0.435 e. The van der Waals surface area contributed by atoms with Crippen LogP contribution in [-0.2, 0) is 12.4 Å². The predicted molar refractivity (Wildman–Crippen MR) is 117 cm³/mol. The zero-order valence-electron chi connectivity index (χ0n) is 17.2. The van der Waals surface area contributed by atoms with E-state index in [2.05, 4.69) is 36.3 Å². The third kappa shape index (κ3) is 5.19. The average Bonchev–Trinajstić information content (AvgIpc) is 3.29. The van der Waals surface area contributed by atoms with Crippen LogP contribution >= 0.6 is 15.9 Å². The molecule has 0 saturated heterocycles. The fraction of sp³-hybridized carbons (Fsp3) is 0.0909. The van der Waals surface area contributed by atoms with Gasteiger partial charge in [-0.05, 0) is 46.3 Å². The summed E-state index contributed by atoms with van der Waals surface area (Å²) < 4.78 is 79.6. The Hall–Kier alpha value is -3.74. The maximum atomic E-state index is 13.3. The molecule has 6 nitrogen and oxygen atoms in total. The van der Waals surface area contributed by atoms with Gasteiger partial charge in [-0.1, -0.05) is 18.2 Å². The van der Waals surface area contributed by atoms with Crippen LogP contribution in [0.5, 0.6) is 0 Å². The molecule has 4 rings (SSSR count). The molecule has 180 valence electrons. The number of halogens is 7. The normalized spacial score (nSPS) is 12.0. The van der Waals surface area contributed by atoms with Crippen LogP contribution in [0.2, 0.25) is 0 Å². The zero-order chi connectivity index (χ0) is 25.4. The fourth-order valence-electron chi connectivity index (χ4n) is 3.18. The standard InChI is InChI=1S/C22H12BrF6N5O/c23-15-10-12(11-31-19(15)34-9-7-17(33-34)22(27,28)29)13-4-1-2-6-16(13)32-20(35)18-14(21(24,25)26)5-3-8-30-18/h1-11H,(H,32,35). The van der Waals surface area contributed by atoms with Gasteiger partial charge in [-0.2, -0.15) is 31.4 Å². The summed E-state index contributed by atoms with van der Waals surface area (Å²) in [4.78, 5) is 20.4. The van der Waals surface area contributed by atoms with E-state index in [1.165, 1.54) is 18.3 Å². The first-order chi connectivity index (χ1) is 16.4. The lowest BCUT2D eigenvalue weighted by atomic mass is 10.0. The lowest BCUT2D eigenvalue weighted by molar-refractivity contribution is -0.141. The van der Waals surface area contributed by atoms with Crippen LogP contribution < -0.4 is 5.32 Å². The highest BCUT2D eigenvalue weighted by Crippen LogP contribution is 2.34. The van der Waals surface area contributed by atoms with Gasteiger partial charge < -0.3 is 5.32 Å². The second kappa shape index (κ2) is 9.13. The van der Waals surface area contributed by atoms with E-state index in [-0.39, 0.29) is 16.0 Å². The summed E-state index contributed by atoms with van der Waals surface area (Å²) >= 11 is 3.26. The van der Waals surface area contributed by atoms with Crippen LogP contribution in [0.1, 0.15) is 21.7 Å². The number of alkyl halides is 6. The predicted octanol–water partition coefficient (Wildman–Crippen LogP) is 6.38. The topological polar surface area (TPSA) is 72.7 Å². The molecule has 4 aromatic rings. The lowest BCUT2D eigenvalue weighted by Gasteiger charge is -2.14. The number of hydrogen-bond acceptors (Lipinski definition) is 4. The van der Waals surface area contributed by atoms with Crippen LogP contribution in [0.25, 0.3) is 16.9 Å². The summed E-state index contributed by atoms with van der Waals surface area (Å²) in [7, 11) is 0. The molecule has 3 aromatic heterocycles. The minimum atomic E-state index is -4.77. The average molecular weight is 556 g/mol. The number of nitrogens with one attached hydrogen (secondary N) is 1. The highest BCUT2D eigenvalue weighted by atomic mass is 79.9. The van der Waals surface area contributed by atoms with Gasteiger partial charge in [0.05, 0.1) is 10.0 Å². The van der Waals surface area contributed by atoms with Gasteiger partial charge in [-0.25, -0.2) is 9.67 Å².